The predicted molar refractivity (Wildman–Crippen MR) is 129 cm³/mol. The summed E-state index contributed by atoms with van der Waals surface area (Å²) in [5.74, 6) is -3.82. The van der Waals surface area contributed by atoms with E-state index in [0.29, 0.717) is 18.4 Å². The van der Waals surface area contributed by atoms with E-state index in [2.05, 4.69) is 0 Å². The Hall–Kier alpha value is -2.72. The number of carbonyl (C=O) groups excluding carboxylic acids is 3. The summed E-state index contributed by atoms with van der Waals surface area (Å²) >= 11 is 0. The van der Waals surface area contributed by atoms with Crippen LogP contribution in [-0.2, 0) is 33.4 Å². The van der Waals surface area contributed by atoms with Crippen LogP contribution in [0.2, 0.25) is 0 Å². The molecule has 9 atom stereocenters. The summed E-state index contributed by atoms with van der Waals surface area (Å²) in [6.45, 7) is 9.97. The van der Waals surface area contributed by atoms with Crippen LogP contribution in [0.25, 0.3) is 0 Å². The first-order valence-electron chi connectivity index (χ1n) is 13.1. The van der Waals surface area contributed by atoms with Crippen molar-refractivity contribution < 1.29 is 48.0 Å². The average molecular weight is 533 g/mol. The quantitative estimate of drug-likeness (QED) is 0.412. The fraction of sp³-hybridized carbons (Fsp3) is 0.714. The maximum atomic E-state index is 14.3. The molecule has 2 N–H and O–H groups in total. The third-order valence-electron chi connectivity index (χ3n) is 10.4. The van der Waals surface area contributed by atoms with Crippen molar-refractivity contribution in [1.82, 2.24) is 0 Å². The van der Waals surface area contributed by atoms with Gasteiger partial charge < -0.3 is 28.8 Å². The van der Waals surface area contributed by atoms with Gasteiger partial charge in [-0.2, -0.15) is 0 Å². The molecular weight excluding hydrogens is 496 g/mol. The second-order valence-corrected chi connectivity index (χ2v) is 12.7. The SMILES string of the molecule is CC(=O)O[C@H](CC(=O)O)[C@]1(C)[C@H]2CC[C@@]3(C)[C@@H](c4ccoc4)OC(=O)[C@H]4O[C@]43[C@]2(C)C(=O)C[C@H]1C(C)(C)O. The van der Waals surface area contributed by atoms with Crippen molar-refractivity contribution in [2.75, 3.05) is 0 Å². The Morgan fingerprint density at radius 2 is 1.89 bits per heavy atom. The molecule has 0 amide bonds. The number of ketones is 1. The number of rotatable bonds is 6. The molecule has 208 valence electrons. The molecule has 2 aliphatic carbocycles. The number of carbonyl (C=O) groups is 4. The van der Waals surface area contributed by atoms with Crippen LogP contribution < -0.4 is 0 Å². The largest absolute Gasteiger partial charge is 0.481 e. The number of esters is 2. The van der Waals surface area contributed by atoms with Crippen molar-refractivity contribution in [3.63, 3.8) is 0 Å². The van der Waals surface area contributed by atoms with Crippen molar-refractivity contribution in [2.45, 2.75) is 96.7 Å². The van der Waals surface area contributed by atoms with E-state index in [-0.39, 0.29) is 12.2 Å². The van der Waals surface area contributed by atoms with E-state index < -0.39 is 81.9 Å². The van der Waals surface area contributed by atoms with E-state index in [1.807, 2.05) is 13.8 Å². The topological polar surface area (TPSA) is 153 Å². The van der Waals surface area contributed by atoms with Crippen molar-refractivity contribution >= 4 is 23.7 Å². The summed E-state index contributed by atoms with van der Waals surface area (Å²) in [4.78, 5) is 51.7. The number of carboxylic acids is 1. The maximum Gasteiger partial charge on any atom is 0.339 e. The minimum absolute atomic E-state index is 0.0935. The van der Waals surface area contributed by atoms with E-state index in [0.717, 1.165) is 0 Å². The molecule has 0 unspecified atom stereocenters. The first-order chi connectivity index (χ1) is 17.5. The molecule has 3 heterocycles. The highest BCUT2D eigenvalue weighted by Crippen LogP contribution is 2.78. The van der Waals surface area contributed by atoms with E-state index in [4.69, 9.17) is 18.6 Å². The molecule has 1 aromatic rings. The van der Waals surface area contributed by atoms with Crippen LogP contribution in [-0.4, -0.2) is 57.3 Å². The lowest BCUT2D eigenvalue weighted by molar-refractivity contribution is -0.240. The molecule has 4 aliphatic rings. The Labute approximate surface area is 221 Å². The summed E-state index contributed by atoms with van der Waals surface area (Å²) in [7, 11) is 0. The number of cyclic esters (lactones) is 1. The molecule has 2 saturated carbocycles. The molecule has 38 heavy (non-hydrogen) atoms. The van der Waals surface area contributed by atoms with Gasteiger partial charge in [0.05, 0.1) is 30.0 Å². The smallest absolute Gasteiger partial charge is 0.339 e. The highest BCUT2D eigenvalue weighted by Gasteiger charge is 2.88. The van der Waals surface area contributed by atoms with Crippen molar-refractivity contribution in [3.8, 4) is 0 Å². The monoisotopic (exact) mass is 532 g/mol. The maximum absolute atomic E-state index is 14.3. The van der Waals surface area contributed by atoms with Crippen LogP contribution in [0.4, 0.5) is 0 Å². The average Bonchev–Trinajstić information content (AvgIpc) is 3.37. The van der Waals surface area contributed by atoms with E-state index in [9.17, 15) is 29.4 Å². The molecule has 10 heteroatoms. The molecule has 1 spiro atoms. The Bertz CT molecular complexity index is 1170. The molecule has 2 saturated heterocycles. The van der Waals surface area contributed by atoms with Crippen LogP contribution in [0.3, 0.4) is 0 Å². The van der Waals surface area contributed by atoms with Crippen LogP contribution in [0, 0.1) is 28.1 Å². The minimum atomic E-state index is -1.39. The predicted octanol–water partition coefficient (Wildman–Crippen LogP) is 3.21. The van der Waals surface area contributed by atoms with Crippen molar-refractivity contribution in [1.29, 1.82) is 0 Å². The standard InChI is InChI=1S/C28H36O10/c1-14(29)36-19(12-20(31)32)26(5)16-7-9-25(4)21(15-8-10-35-13-15)37-23(33)22-28(25,38-22)27(16,6)18(30)11-17(26)24(2,3)34/h8,10,13,16-17,19,21-22,34H,7,9,11-12H2,1-6H3,(H,31,32)/t16-,17+,19-,21-,22-,25+,26-,27+,28-/m1/s1. The number of aliphatic hydroxyl groups is 1. The number of epoxide rings is 1. The number of carboxylic acid groups (broad SMARTS) is 1. The Kier molecular flexibility index (Phi) is 5.76. The van der Waals surface area contributed by atoms with Gasteiger partial charge in [0.15, 0.2) is 6.10 Å². The molecule has 1 aromatic heterocycles. The number of fused-ring (bicyclic) bond motifs is 1. The minimum Gasteiger partial charge on any atom is -0.481 e. The highest BCUT2D eigenvalue weighted by molar-refractivity contribution is 5.93. The molecule has 0 aromatic carbocycles. The van der Waals surface area contributed by atoms with Gasteiger partial charge in [-0.15, -0.1) is 0 Å². The summed E-state index contributed by atoms with van der Waals surface area (Å²) in [5, 5.41) is 21.1. The number of Topliss-reactive ketones (excluding diaryl/α,β-unsaturated/α-hetero) is 1. The van der Waals surface area contributed by atoms with Gasteiger partial charge in [-0.1, -0.05) is 13.8 Å². The second-order valence-electron chi connectivity index (χ2n) is 12.7. The van der Waals surface area contributed by atoms with Gasteiger partial charge in [-0.3, -0.25) is 14.4 Å². The third-order valence-corrected chi connectivity index (χ3v) is 10.4. The van der Waals surface area contributed by atoms with Gasteiger partial charge in [-0.05, 0) is 45.6 Å². The molecule has 2 aliphatic heterocycles. The molecule has 5 rings (SSSR count). The fourth-order valence-corrected chi connectivity index (χ4v) is 8.86. The third kappa shape index (κ3) is 3.25. The van der Waals surface area contributed by atoms with Gasteiger partial charge in [0.1, 0.15) is 23.6 Å². The fourth-order valence-electron chi connectivity index (χ4n) is 8.86. The molecule has 10 nitrogen and oxygen atoms in total. The molecule has 0 radical (unpaired) electrons. The van der Waals surface area contributed by atoms with Gasteiger partial charge >= 0.3 is 17.9 Å². The van der Waals surface area contributed by atoms with Crippen LogP contribution in [0.1, 0.15) is 78.9 Å². The van der Waals surface area contributed by atoms with Gasteiger partial charge in [0.25, 0.3) is 0 Å². The first-order valence-corrected chi connectivity index (χ1v) is 13.1. The summed E-state index contributed by atoms with van der Waals surface area (Å²) in [6, 6.07) is 1.73. The lowest BCUT2D eigenvalue weighted by atomic mass is 9.37. The second kappa shape index (κ2) is 8.14. The lowest BCUT2D eigenvalue weighted by Crippen LogP contribution is -2.73. The number of hydrogen-bond acceptors (Lipinski definition) is 9. The van der Waals surface area contributed by atoms with Gasteiger partial charge in [0.2, 0.25) is 0 Å². The van der Waals surface area contributed by atoms with Crippen molar-refractivity contribution in [3.05, 3.63) is 24.2 Å². The number of aliphatic carboxylic acids is 1. The van der Waals surface area contributed by atoms with E-state index in [1.54, 1.807) is 26.8 Å². The zero-order chi connectivity index (χ0) is 28.1. The normalized spacial score (nSPS) is 42.7. The van der Waals surface area contributed by atoms with Crippen molar-refractivity contribution in [2.24, 2.45) is 28.1 Å². The first kappa shape index (κ1) is 26.9. The Morgan fingerprint density at radius 3 is 2.45 bits per heavy atom. The van der Waals surface area contributed by atoms with Crippen LogP contribution in [0.5, 0.6) is 0 Å². The van der Waals surface area contributed by atoms with Gasteiger partial charge in [-0.25, -0.2) is 4.79 Å². The molecule has 0 bridgehead atoms. The summed E-state index contributed by atoms with van der Waals surface area (Å²) in [6.07, 6.45) is 0.567. The summed E-state index contributed by atoms with van der Waals surface area (Å²) < 4.78 is 23.1. The number of hydrogen-bond donors (Lipinski definition) is 2. The van der Waals surface area contributed by atoms with E-state index >= 15 is 0 Å². The zero-order valence-corrected chi connectivity index (χ0v) is 22.6. The Balaban J connectivity index is 1.70. The lowest BCUT2D eigenvalue weighted by Gasteiger charge is -2.66. The molecule has 4 fully saturated rings. The van der Waals surface area contributed by atoms with Gasteiger partial charge in [0, 0.05) is 35.7 Å². The number of ether oxygens (including phenoxy) is 3. The van der Waals surface area contributed by atoms with Crippen LogP contribution >= 0.6 is 0 Å². The van der Waals surface area contributed by atoms with E-state index in [1.165, 1.54) is 19.5 Å². The highest BCUT2D eigenvalue weighted by atomic mass is 16.7. The Morgan fingerprint density at radius 1 is 1.21 bits per heavy atom. The molecular formula is C28H36O10. The van der Waals surface area contributed by atoms with Crippen LogP contribution in [0.15, 0.2) is 23.0 Å². The number of furan rings is 1. The zero-order valence-electron chi connectivity index (χ0n) is 22.6. The summed E-state index contributed by atoms with van der Waals surface area (Å²) in [5.41, 5.74) is -5.12.